The molecule has 0 bridgehead atoms. The fraction of sp³-hybridized carbons (Fsp3) is 0.156. The minimum Gasteiger partial charge on any atom is -0.334 e. The molecule has 7 heteroatoms. The molecule has 0 spiro atoms. The summed E-state index contributed by atoms with van der Waals surface area (Å²) in [7, 11) is -2.20. The molecule has 4 aliphatic heterocycles. The van der Waals surface area contributed by atoms with E-state index in [0.29, 0.717) is 0 Å². The maximum atomic E-state index is 2.82. The Bertz CT molecular complexity index is 3940. The maximum Gasteiger partial charge on any atom is 0.251 e. The smallest absolute Gasteiger partial charge is 0.251 e. The molecule has 2 unspecified atom stereocenters. The largest absolute Gasteiger partial charge is 0.334 e. The molecule has 0 radical (unpaired) electrons. The van der Waals surface area contributed by atoms with Crippen molar-refractivity contribution in [1.29, 1.82) is 0 Å². The van der Waals surface area contributed by atoms with E-state index < -0.39 is 8.07 Å². The average Bonchev–Trinajstić information content (AvgIpc) is 4.03. The van der Waals surface area contributed by atoms with Crippen LogP contribution in [-0.4, -0.2) is 20.3 Å². The van der Waals surface area contributed by atoms with Crippen LogP contribution >= 0.6 is 22.7 Å². The normalized spacial score (nSPS) is 20.0. The van der Waals surface area contributed by atoms with E-state index in [2.05, 4.69) is 224 Å². The fourth-order valence-electron chi connectivity index (χ4n) is 14.6. The van der Waals surface area contributed by atoms with Crippen LogP contribution in [0.4, 0.5) is 45.5 Å². The number of nitrogens with zero attached hydrogens (tertiary/aromatic N) is 3. The summed E-state index contributed by atoms with van der Waals surface area (Å²) in [6, 6.07) is 70.7. The molecular formula is C64H50BN3S2Si. The Labute approximate surface area is 424 Å². The highest BCUT2D eigenvalue weighted by Gasteiger charge is 2.59. The maximum absolute atomic E-state index is 2.82. The van der Waals surface area contributed by atoms with Crippen LogP contribution in [0.15, 0.2) is 182 Å². The summed E-state index contributed by atoms with van der Waals surface area (Å²) in [5.41, 5.74) is 18.6. The molecule has 0 N–H and O–H groups in total. The van der Waals surface area contributed by atoms with Gasteiger partial charge in [-0.1, -0.05) is 152 Å². The monoisotopic (exact) mass is 963 g/mol. The fourth-order valence-corrected chi connectivity index (χ4v) is 20.1. The Morgan fingerprint density at radius 3 is 1.59 bits per heavy atom. The summed E-state index contributed by atoms with van der Waals surface area (Å²) in [4.78, 5) is 8.20. The lowest BCUT2D eigenvalue weighted by atomic mass is 9.33. The minimum absolute atomic E-state index is 0.0428. The van der Waals surface area contributed by atoms with Gasteiger partial charge < -0.3 is 14.7 Å². The molecule has 11 aromatic rings. The summed E-state index contributed by atoms with van der Waals surface area (Å²) in [6.45, 7) is 10.5. The quantitative estimate of drug-likeness (QED) is 0.163. The standard InChI is InChI=1S/C64H50BN3S2Si/c1-63-32-12-13-33-64(63,2)68(49-31-26-40(34-48(49)63)39-16-6-5-7-17-39)43-35-52-60-53(36-43)67(42-28-30-47-45-19-9-11-23-55(45)70-57(47)38-42)51-21-15-25-59-62(51)65(60)61-50(20-14-24-58(61)71(59,3)4)66(52)41-27-29-46-44-18-8-10-22-54(44)69-56(46)37-41/h5-11,14-31,34-38H,12-13,32-33H2,1-4H3. The van der Waals surface area contributed by atoms with Crippen molar-refractivity contribution >= 4 is 150 Å². The number of thiophene rings is 2. The van der Waals surface area contributed by atoms with Crippen molar-refractivity contribution in [2.24, 2.45) is 0 Å². The zero-order chi connectivity index (χ0) is 47.1. The second-order valence-electron chi connectivity index (χ2n) is 21.9. The lowest BCUT2D eigenvalue weighted by Crippen LogP contribution is -2.79. The highest BCUT2D eigenvalue weighted by Crippen LogP contribution is 2.62. The van der Waals surface area contributed by atoms with E-state index in [1.807, 2.05) is 22.7 Å². The molecule has 0 saturated heterocycles. The van der Waals surface area contributed by atoms with Gasteiger partial charge in [-0.2, -0.15) is 0 Å². The molecule has 3 nitrogen and oxygen atoms in total. The third-order valence-electron chi connectivity index (χ3n) is 18.2. The molecule has 5 aliphatic rings. The molecule has 6 heterocycles. The van der Waals surface area contributed by atoms with Gasteiger partial charge in [0.15, 0.2) is 0 Å². The van der Waals surface area contributed by atoms with Crippen LogP contribution in [0.3, 0.4) is 0 Å². The first kappa shape index (κ1) is 40.8. The molecule has 16 rings (SSSR count). The van der Waals surface area contributed by atoms with Crippen molar-refractivity contribution in [1.82, 2.24) is 0 Å². The summed E-state index contributed by atoms with van der Waals surface area (Å²) in [6.07, 6.45) is 4.76. The van der Waals surface area contributed by atoms with Gasteiger partial charge >= 0.3 is 0 Å². The van der Waals surface area contributed by atoms with Gasteiger partial charge in [0, 0.05) is 91.3 Å². The van der Waals surface area contributed by atoms with Gasteiger partial charge in [0.25, 0.3) is 6.71 Å². The van der Waals surface area contributed by atoms with Crippen molar-refractivity contribution in [2.45, 2.75) is 63.6 Å². The van der Waals surface area contributed by atoms with Gasteiger partial charge in [-0.15, -0.1) is 22.7 Å². The number of anilines is 8. The van der Waals surface area contributed by atoms with Crippen LogP contribution in [0.5, 0.6) is 0 Å². The zero-order valence-corrected chi connectivity index (χ0v) is 43.0. The molecule has 71 heavy (non-hydrogen) atoms. The Kier molecular flexibility index (Phi) is 8.13. The van der Waals surface area contributed by atoms with E-state index in [9.17, 15) is 0 Å². The predicted molar refractivity (Wildman–Crippen MR) is 311 cm³/mol. The van der Waals surface area contributed by atoms with Crippen molar-refractivity contribution in [3.63, 3.8) is 0 Å². The van der Waals surface area contributed by atoms with Crippen molar-refractivity contribution in [2.75, 3.05) is 14.7 Å². The molecular weight excluding hydrogens is 914 g/mol. The van der Waals surface area contributed by atoms with Crippen LogP contribution in [0, 0.1) is 0 Å². The summed E-state index contributed by atoms with van der Waals surface area (Å²) >= 11 is 3.83. The van der Waals surface area contributed by atoms with E-state index in [4.69, 9.17) is 0 Å². The third-order valence-corrected chi connectivity index (χ3v) is 24.0. The number of benzene rings is 9. The minimum atomic E-state index is -2.20. The zero-order valence-electron chi connectivity index (χ0n) is 40.4. The van der Waals surface area contributed by atoms with E-state index in [0.717, 1.165) is 6.42 Å². The lowest BCUT2D eigenvalue weighted by molar-refractivity contribution is 0.195. The van der Waals surface area contributed by atoms with Gasteiger partial charge in [0.2, 0.25) is 0 Å². The first-order valence-electron chi connectivity index (χ1n) is 25.6. The molecule has 1 aliphatic carbocycles. The van der Waals surface area contributed by atoms with Crippen molar-refractivity contribution in [3.8, 4) is 11.1 Å². The highest BCUT2D eigenvalue weighted by molar-refractivity contribution is 7.26. The topological polar surface area (TPSA) is 9.72 Å². The Morgan fingerprint density at radius 1 is 0.437 bits per heavy atom. The Hall–Kier alpha value is -6.90. The summed E-state index contributed by atoms with van der Waals surface area (Å²) in [5, 5.41) is 8.46. The van der Waals surface area contributed by atoms with Crippen LogP contribution in [-0.2, 0) is 5.41 Å². The summed E-state index contributed by atoms with van der Waals surface area (Å²) < 4.78 is 5.33. The molecule has 0 amide bonds. The second-order valence-corrected chi connectivity index (χ2v) is 28.4. The number of hydrogen-bond acceptors (Lipinski definition) is 5. The van der Waals surface area contributed by atoms with Gasteiger partial charge in [-0.25, -0.2) is 0 Å². The van der Waals surface area contributed by atoms with Gasteiger partial charge in [-0.3, -0.25) is 0 Å². The molecule has 2 atom stereocenters. The molecule has 9 aromatic carbocycles. The molecule has 340 valence electrons. The lowest BCUT2D eigenvalue weighted by Gasteiger charge is -2.52. The van der Waals surface area contributed by atoms with E-state index in [1.54, 1.807) is 10.4 Å². The highest BCUT2D eigenvalue weighted by atomic mass is 32.1. The Morgan fingerprint density at radius 2 is 0.986 bits per heavy atom. The average molecular weight is 964 g/mol. The van der Waals surface area contributed by atoms with E-state index >= 15 is 0 Å². The van der Waals surface area contributed by atoms with E-state index in [1.165, 1.54) is 138 Å². The van der Waals surface area contributed by atoms with Crippen molar-refractivity contribution < 1.29 is 0 Å². The predicted octanol–water partition coefficient (Wildman–Crippen LogP) is 15.1. The molecule has 1 fully saturated rings. The third kappa shape index (κ3) is 5.24. The van der Waals surface area contributed by atoms with Crippen molar-refractivity contribution in [3.05, 3.63) is 188 Å². The SMILES string of the molecule is CC12CCCCC1(C)N(c1cc3c4c(c1)N(c1ccc5c(c1)sc1ccccc15)c1cccc5c1B4c1c(cccc1[Si]5(C)C)N3c1ccc3c(c1)sc1ccccc13)c1ccc(-c3ccccc3)cc12. The first-order valence-corrected chi connectivity index (χ1v) is 30.2. The van der Waals surface area contributed by atoms with Gasteiger partial charge in [0.05, 0.1) is 5.54 Å². The van der Waals surface area contributed by atoms with Gasteiger partial charge in [0.1, 0.15) is 8.07 Å². The number of hydrogen-bond donors (Lipinski definition) is 0. The van der Waals surface area contributed by atoms with Crippen LogP contribution < -0.4 is 41.5 Å². The van der Waals surface area contributed by atoms with Crippen LogP contribution in [0.25, 0.3) is 51.5 Å². The van der Waals surface area contributed by atoms with E-state index in [-0.39, 0.29) is 17.7 Å². The van der Waals surface area contributed by atoms with Crippen LogP contribution in [0.1, 0.15) is 45.1 Å². The number of fused-ring (bicyclic) bond motifs is 9. The summed E-state index contributed by atoms with van der Waals surface area (Å²) in [5.74, 6) is 0. The second kappa shape index (κ2) is 14.2. The number of rotatable bonds is 4. The molecule has 1 saturated carbocycles. The molecule has 2 aromatic heterocycles. The van der Waals surface area contributed by atoms with Crippen LogP contribution in [0.2, 0.25) is 13.1 Å². The Balaban J connectivity index is 1.02. The van der Waals surface area contributed by atoms with Gasteiger partial charge in [-0.05, 0) is 126 Å². The first-order chi connectivity index (χ1) is 34.7.